The summed E-state index contributed by atoms with van der Waals surface area (Å²) in [5, 5.41) is 8.36. The van der Waals surface area contributed by atoms with Crippen LogP contribution < -0.4 is 0 Å². The first-order chi connectivity index (χ1) is 7.70. The highest BCUT2D eigenvalue weighted by Gasteiger charge is 2.16. The van der Waals surface area contributed by atoms with Gasteiger partial charge in [0.25, 0.3) is 0 Å². The van der Waals surface area contributed by atoms with Crippen molar-refractivity contribution in [2.24, 2.45) is 0 Å². The molecule has 6 nitrogen and oxygen atoms in total. The highest BCUT2D eigenvalue weighted by molar-refractivity contribution is 7.90. The fourth-order valence-electron chi connectivity index (χ4n) is 1.20. The van der Waals surface area contributed by atoms with E-state index in [-0.39, 0.29) is 23.2 Å². The van der Waals surface area contributed by atoms with Crippen molar-refractivity contribution in [2.75, 3.05) is 6.26 Å². The maximum absolute atomic E-state index is 11.4. The Balaban J connectivity index is 3.34. The van der Waals surface area contributed by atoms with Crippen LogP contribution in [-0.2, 0) is 21.1 Å². The smallest absolute Gasteiger partial charge is 0.309 e. The minimum absolute atomic E-state index is 0.00560. The van der Waals surface area contributed by atoms with Gasteiger partial charge in [-0.3, -0.25) is 4.79 Å². The van der Waals surface area contributed by atoms with Gasteiger partial charge in [-0.05, 0) is 12.0 Å². The molecule has 17 heavy (non-hydrogen) atoms. The maximum atomic E-state index is 11.4. The molecule has 0 aromatic carbocycles. The summed E-state index contributed by atoms with van der Waals surface area (Å²) in [6.07, 6.45) is 0.682. The molecule has 0 aliphatic heterocycles. The van der Waals surface area contributed by atoms with Crippen molar-refractivity contribution in [1.29, 1.82) is 0 Å². The first-order valence-corrected chi connectivity index (χ1v) is 6.89. The van der Waals surface area contributed by atoms with Crippen LogP contribution >= 0.6 is 0 Å². The summed E-state index contributed by atoms with van der Waals surface area (Å²) in [5.74, 6) is -1.05. The lowest BCUT2D eigenvalue weighted by atomic mass is 10.1. The van der Waals surface area contributed by atoms with Crippen LogP contribution in [0.2, 0.25) is 0 Å². The zero-order valence-electron chi connectivity index (χ0n) is 9.84. The Labute approximate surface area is 99.6 Å². The van der Waals surface area contributed by atoms with Crippen molar-refractivity contribution in [3.8, 4) is 0 Å². The van der Waals surface area contributed by atoms with Crippen molar-refractivity contribution in [2.45, 2.75) is 31.3 Å². The molecule has 1 N–H and O–H groups in total. The van der Waals surface area contributed by atoms with Gasteiger partial charge in [-0.15, -0.1) is 0 Å². The van der Waals surface area contributed by atoms with Crippen molar-refractivity contribution in [3.05, 3.63) is 17.5 Å². The van der Waals surface area contributed by atoms with Gasteiger partial charge >= 0.3 is 5.97 Å². The van der Waals surface area contributed by atoms with Crippen LogP contribution in [0.1, 0.15) is 31.2 Å². The van der Waals surface area contributed by atoms with Gasteiger partial charge in [-0.1, -0.05) is 13.8 Å². The summed E-state index contributed by atoms with van der Waals surface area (Å²) in [4.78, 5) is 18.3. The maximum Gasteiger partial charge on any atom is 0.309 e. The second-order valence-corrected chi connectivity index (χ2v) is 5.97. The number of hydrogen-bond acceptors (Lipinski definition) is 5. The lowest BCUT2D eigenvalue weighted by Gasteiger charge is -2.08. The molecule has 0 radical (unpaired) electrons. The van der Waals surface area contributed by atoms with Gasteiger partial charge in [-0.25, -0.2) is 18.4 Å². The van der Waals surface area contributed by atoms with E-state index in [1.165, 1.54) is 6.07 Å². The third-order valence-corrected chi connectivity index (χ3v) is 2.88. The lowest BCUT2D eigenvalue weighted by Crippen LogP contribution is -2.12. The van der Waals surface area contributed by atoms with Gasteiger partial charge in [-0.2, -0.15) is 0 Å². The molecule has 1 aromatic heterocycles. The summed E-state index contributed by atoms with van der Waals surface area (Å²) in [5.41, 5.74) is 0.730. The number of carboxylic acid groups (broad SMARTS) is 1. The number of rotatable bonds is 4. The van der Waals surface area contributed by atoms with Crippen molar-refractivity contribution in [1.82, 2.24) is 9.97 Å². The van der Waals surface area contributed by atoms with Crippen molar-refractivity contribution >= 4 is 15.8 Å². The van der Waals surface area contributed by atoms with Crippen LogP contribution in [0.5, 0.6) is 0 Å². The molecule has 0 bridgehead atoms. The van der Waals surface area contributed by atoms with E-state index in [9.17, 15) is 13.2 Å². The molecule has 94 valence electrons. The molecule has 0 atom stereocenters. The summed E-state index contributed by atoms with van der Waals surface area (Å²) < 4.78 is 22.7. The van der Waals surface area contributed by atoms with E-state index < -0.39 is 15.8 Å². The molecule has 0 unspecified atom stereocenters. The molecule has 0 spiro atoms. The SMILES string of the molecule is CC(C)c1cc(CC(=O)O)nc(S(C)(=O)=O)n1. The van der Waals surface area contributed by atoms with Crippen LogP contribution in [-0.4, -0.2) is 35.7 Å². The average Bonchev–Trinajstić information content (AvgIpc) is 2.14. The minimum atomic E-state index is -3.53. The predicted molar refractivity (Wildman–Crippen MR) is 60.6 cm³/mol. The highest BCUT2D eigenvalue weighted by atomic mass is 32.2. The first-order valence-electron chi connectivity index (χ1n) is 5.00. The summed E-state index contributed by atoms with van der Waals surface area (Å²) >= 11 is 0. The standard InChI is InChI=1S/C10H14N2O4S/c1-6(2)8-4-7(5-9(13)14)11-10(12-8)17(3,15)16/h4,6H,5H2,1-3H3,(H,13,14). The van der Waals surface area contributed by atoms with E-state index in [0.717, 1.165) is 6.26 Å². The molecule has 0 fully saturated rings. The number of carbonyl (C=O) groups is 1. The van der Waals surface area contributed by atoms with E-state index in [4.69, 9.17) is 5.11 Å². The summed E-state index contributed by atoms with van der Waals surface area (Å²) in [6.45, 7) is 3.69. The van der Waals surface area contributed by atoms with Crippen LogP contribution in [0.25, 0.3) is 0 Å². The number of aromatic nitrogens is 2. The molecule has 0 saturated heterocycles. The van der Waals surface area contributed by atoms with Crippen LogP contribution in [0.3, 0.4) is 0 Å². The summed E-state index contributed by atoms with van der Waals surface area (Å²) in [6, 6.07) is 1.52. The summed E-state index contributed by atoms with van der Waals surface area (Å²) in [7, 11) is -3.53. The Morgan fingerprint density at radius 3 is 2.41 bits per heavy atom. The number of nitrogens with zero attached hydrogens (tertiary/aromatic N) is 2. The normalized spacial score (nSPS) is 11.8. The predicted octanol–water partition coefficient (Wildman–Crippen LogP) is 0.631. The van der Waals surface area contributed by atoms with Crippen LogP contribution in [0, 0.1) is 0 Å². The highest BCUT2D eigenvalue weighted by Crippen LogP contribution is 2.15. The second-order valence-electron chi connectivity index (χ2n) is 4.06. The van der Waals surface area contributed by atoms with E-state index >= 15 is 0 Å². The third-order valence-electron chi connectivity index (χ3n) is 2.03. The Bertz CT molecular complexity index is 537. The Morgan fingerprint density at radius 2 is 2.00 bits per heavy atom. The van der Waals surface area contributed by atoms with Gasteiger partial charge in [0.15, 0.2) is 0 Å². The van der Waals surface area contributed by atoms with Gasteiger partial charge in [0.05, 0.1) is 12.1 Å². The molecule has 0 aliphatic carbocycles. The third kappa shape index (κ3) is 3.77. The fourth-order valence-corrected chi connectivity index (χ4v) is 1.75. The van der Waals surface area contributed by atoms with Gasteiger partial charge < -0.3 is 5.11 Å². The number of carboxylic acids is 1. The minimum Gasteiger partial charge on any atom is -0.481 e. The molecule has 0 amide bonds. The zero-order chi connectivity index (χ0) is 13.2. The molecule has 7 heteroatoms. The molecule has 0 saturated carbocycles. The Morgan fingerprint density at radius 1 is 1.41 bits per heavy atom. The van der Waals surface area contributed by atoms with E-state index in [0.29, 0.717) is 5.69 Å². The van der Waals surface area contributed by atoms with Crippen LogP contribution in [0.4, 0.5) is 0 Å². The number of hydrogen-bond donors (Lipinski definition) is 1. The Kier molecular flexibility index (Phi) is 3.82. The number of aliphatic carboxylic acids is 1. The first kappa shape index (κ1) is 13.6. The molecule has 1 rings (SSSR count). The van der Waals surface area contributed by atoms with Gasteiger partial charge in [0.1, 0.15) is 0 Å². The topological polar surface area (TPSA) is 97.2 Å². The van der Waals surface area contributed by atoms with E-state index in [2.05, 4.69) is 9.97 Å². The molecule has 1 heterocycles. The van der Waals surface area contributed by atoms with E-state index in [1.807, 2.05) is 13.8 Å². The number of sulfone groups is 1. The average molecular weight is 258 g/mol. The van der Waals surface area contributed by atoms with Crippen molar-refractivity contribution < 1.29 is 18.3 Å². The fraction of sp³-hybridized carbons (Fsp3) is 0.500. The van der Waals surface area contributed by atoms with Crippen LogP contribution in [0.15, 0.2) is 11.2 Å². The monoisotopic (exact) mass is 258 g/mol. The largest absolute Gasteiger partial charge is 0.481 e. The second kappa shape index (κ2) is 4.79. The molecule has 1 aromatic rings. The molecular formula is C10H14N2O4S. The van der Waals surface area contributed by atoms with Gasteiger partial charge in [0.2, 0.25) is 15.0 Å². The lowest BCUT2D eigenvalue weighted by molar-refractivity contribution is -0.136. The Hall–Kier alpha value is -1.50. The molecule has 0 aliphatic rings. The quantitative estimate of drug-likeness (QED) is 0.795. The zero-order valence-corrected chi connectivity index (χ0v) is 10.7. The molecular weight excluding hydrogens is 244 g/mol. The van der Waals surface area contributed by atoms with E-state index in [1.54, 1.807) is 0 Å². The van der Waals surface area contributed by atoms with Crippen molar-refractivity contribution in [3.63, 3.8) is 0 Å². The van der Waals surface area contributed by atoms with Gasteiger partial charge in [0, 0.05) is 11.9 Å².